The molecule has 0 aliphatic carbocycles. The third-order valence-corrected chi connectivity index (χ3v) is 4.65. The van der Waals surface area contributed by atoms with Crippen LogP contribution in [0.4, 0.5) is 0 Å². The fraction of sp³-hybridized carbons (Fsp3) is 0.538. The molecule has 0 N–H and O–H groups in total. The Bertz CT molecular complexity index is 384. The summed E-state index contributed by atoms with van der Waals surface area (Å²) in [5.41, 5.74) is 1.34. The molecule has 1 atom stereocenters. The van der Waals surface area contributed by atoms with Crippen LogP contribution >= 0.6 is 31.9 Å². The Morgan fingerprint density at radius 2 is 2.29 bits per heavy atom. The predicted octanol–water partition coefficient (Wildman–Crippen LogP) is 3.82. The van der Waals surface area contributed by atoms with Crippen LogP contribution < -0.4 is 4.74 Å². The van der Waals surface area contributed by atoms with Crippen LogP contribution in [0, 0.1) is 0 Å². The third-order valence-electron chi connectivity index (χ3n) is 3.28. The van der Waals surface area contributed by atoms with Crippen molar-refractivity contribution in [2.45, 2.75) is 25.4 Å². The SMILES string of the molecule is COc1ccc(CN2CCCC2CBr)cc1Br. The highest BCUT2D eigenvalue weighted by molar-refractivity contribution is 9.10. The van der Waals surface area contributed by atoms with Crippen LogP contribution in [0.3, 0.4) is 0 Å². The van der Waals surface area contributed by atoms with Crippen molar-refractivity contribution >= 4 is 31.9 Å². The molecule has 1 fully saturated rings. The Morgan fingerprint density at radius 3 is 2.94 bits per heavy atom. The van der Waals surface area contributed by atoms with E-state index in [1.807, 2.05) is 6.07 Å². The first-order valence-corrected chi connectivity index (χ1v) is 7.78. The molecule has 1 aliphatic heterocycles. The molecule has 0 bridgehead atoms. The Morgan fingerprint density at radius 1 is 1.47 bits per heavy atom. The third kappa shape index (κ3) is 3.24. The maximum Gasteiger partial charge on any atom is 0.133 e. The summed E-state index contributed by atoms with van der Waals surface area (Å²) in [7, 11) is 1.70. The number of hydrogen-bond donors (Lipinski definition) is 0. The topological polar surface area (TPSA) is 12.5 Å². The van der Waals surface area contributed by atoms with Gasteiger partial charge < -0.3 is 4.74 Å². The van der Waals surface area contributed by atoms with Crippen LogP contribution in [0.2, 0.25) is 0 Å². The van der Waals surface area contributed by atoms with Gasteiger partial charge in [-0.3, -0.25) is 4.90 Å². The summed E-state index contributed by atoms with van der Waals surface area (Å²) >= 11 is 7.13. The van der Waals surface area contributed by atoms with E-state index in [9.17, 15) is 0 Å². The summed E-state index contributed by atoms with van der Waals surface area (Å²) in [6.45, 7) is 2.23. The lowest BCUT2D eigenvalue weighted by molar-refractivity contribution is 0.265. The van der Waals surface area contributed by atoms with Crippen LogP contribution in [0.1, 0.15) is 18.4 Å². The van der Waals surface area contributed by atoms with Crippen LogP contribution in [0.25, 0.3) is 0 Å². The molecule has 0 radical (unpaired) electrons. The van der Waals surface area contributed by atoms with Gasteiger partial charge in [0.15, 0.2) is 0 Å². The Balaban J connectivity index is 2.05. The number of rotatable bonds is 4. The molecule has 1 aromatic rings. The lowest BCUT2D eigenvalue weighted by atomic mass is 10.2. The molecule has 1 heterocycles. The van der Waals surface area contributed by atoms with Gasteiger partial charge in [-0.25, -0.2) is 0 Å². The second-order valence-corrected chi connectivity index (χ2v) is 5.89. The molecule has 0 amide bonds. The molecular formula is C13H17Br2NO. The molecular weight excluding hydrogens is 346 g/mol. The minimum Gasteiger partial charge on any atom is -0.496 e. The largest absolute Gasteiger partial charge is 0.496 e. The summed E-state index contributed by atoms with van der Waals surface area (Å²) in [5.74, 6) is 0.896. The summed E-state index contributed by atoms with van der Waals surface area (Å²) < 4.78 is 6.28. The van der Waals surface area contributed by atoms with Gasteiger partial charge in [0, 0.05) is 17.9 Å². The van der Waals surface area contributed by atoms with E-state index in [4.69, 9.17) is 4.74 Å². The maximum atomic E-state index is 5.24. The fourth-order valence-electron chi connectivity index (χ4n) is 2.32. The van der Waals surface area contributed by atoms with E-state index < -0.39 is 0 Å². The number of alkyl halides is 1. The molecule has 0 saturated carbocycles. The van der Waals surface area contributed by atoms with Gasteiger partial charge in [-0.15, -0.1) is 0 Å². The Hall–Kier alpha value is -0.0600. The second kappa shape index (κ2) is 6.21. The van der Waals surface area contributed by atoms with Crippen molar-refractivity contribution < 1.29 is 4.74 Å². The Kier molecular flexibility index (Phi) is 4.88. The zero-order chi connectivity index (χ0) is 12.3. The van der Waals surface area contributed by atoms with E-state index in [1.54, 1.807) is 7.11 Å². The summed E-state index contributed by atoms with van der Waals surface area (Å²) in [6, 6.07) is 7.02. The van der Waals surface area contributed by atoms with Crippen molar-refractivity contribution in [2.24, 2.45) is 0 Å². The molecule has 17 heavy (non-hydrogen) atoms. The molecule has 1 aromatic carbocycles. The van der Waals surface area contributed by atoms with Crippen LogP contribution in [0.5, 0.6) is 5.75 Å². The average molecular weight is 363 g/mol. The zero-order valence-corrected chi connectivity index (χ0v) is 13.1. The highest BCUT2D eigenvalue weighted by Gasteiger charge is 2.23. The number of benzene rings is 1. The van der Waals surface area contributed by atoms with E-state index >= 15 is 0 Å². The minimum absolute atomic E-state index is 0.691. The number of likely N-dealkylation sites (tertiary alicyclic amines) is 1. The van der Waals surface area contributed by atoms with Gasteiger partial charge in [0.25, 0.3) is 0 Å². The number of nitrogens with zero attached hydrogens (tertiary/aromatic N) is 1. The molecule has 2 rings (SSSR count). The van der Waals surface area contributed by atoms with Gasteiger partial charge >= 0.3 is 0 Å². The second-order valence-electron chi connectivity index (χ2n) is 4.39. The summed E-state index contributed by atoms with van der Waals surface area (Å²) in [6.07, 6.45) is 2.62. The van der Waals surface area contributed by atoms with Crippen LogP contribution in [-0.2, 0) is 6.54 Å². The summed E-state index contributed by atoms with van der Waals surface area (Å²) in [4.78, 5) is 2.54. The lowest BCUT2D eigenvalue weighted by Gasteiger charge is -2.22. The molecule has 0 aromatic heterocycles. The van der Waals surface area contributed by atoms with Crippen LogP contribution in [-0.4, -0.2) is 29.9 Å². The smallest absolute Gasteiger partial charge is 0.133 e. The first-order chi connectivity index (χ1) is 8.24. The van der Waals surface area contributed by atoms with E-state index in [1.165, 1.54) is 24.9 Å². The number of halogens is 2. The van der Waals surface area contributed by atoms with Crippen molar-refractivity contribution in [1.29, 1.82) is 0 Å². The van der Waals surface area contributed by atoms with Crippen molar-refractivity contribution in [3.8, 4) is 5.75 Å². The van der Waals surface area contributed by atoms with E-state index in [0.29, 0.717) is 6.04 Å². The van der Waals surface area contributed by atoms with Gasteiger partial charge in [-0.1, -0.05) is 22.0 Å². The van der Waals surface area contributed by atoms with Crippen LogP contribution in [0.15, 0.2) is 22.7 Å². The predicted molar refractivity (Wildman–Crippen MR) is 77.9 cm³/mol. The number of methoxy groups -OCH3 is 1. The van der Waals surface area contributed by atoms with Gasteiger partial charge in [0.2, 0.25) is 0 Å². The first kappa shape index (κ1) is 13.4. The molecule has 2 nitrogen and oxygen atoms in total. The van der Waals surface area contributed by atoms with Gasteiger partial charge in [-0.2, -0.15) is 0 Å². The Labute approximate surface area is 120 Å². The molecule has 94 valence electrons. The average Bonchev–Trinajstić information content (AvgIpc) is 2.76. The minimum atomic E-state index is 0.691. The lowest BCUT2D eigenvalue weighted by Crippen LogP contribution is -2.29. The van der Waals surface area contributed by atoms with Gasteiger partial charge in [-0.05, 0) is 53.0 Å². The van der Waals surface area contributed by atoms with Gasteiger partial charge in [0.1, 0.15) is 5.75 Å². The van der Waals surface area contributed by atoms with Crippen molar-refractivity contribution in [3.05, 3.63) is 28.2 Å². The van der Waals surface area contributed by atoms with Crippen molar-refractivity contribution in [3.63, 3.8) is 0 Å². The first-order valence-electron chi connectivity index (χ1n) is 5.87. The number of ether oxygens (including phenoxy) is 1. The van der Waals surface area contributed by atoms with Crippen molar-refractivity contribution in [2.75, 3.05) is 19.0 Å². The van der Waals surface area contributed by atoms with Gasteiger partial charge in [0.05, 0.1) is 11.6 Å². The summed E-state index contributed by atoms with van der Waals surface area (Å²) in [5, 5.41) is 1.07. The quantitative estimate of drug-likeness (QED) is 0.755. The molecule has 4 heteroatoms. The number of hydrogen-bond acceptors (Lipinski definition) is 2. The molecule has 1 unspecified atom stereocenters. The van der Waals surface area contributed by atoms with E-state index in [-0.39, 0.29) is 0 Å². The normalized spacial score (nSPS) is 20.8. The van der Waals surface area contributed by atoms with Crippen molar-refractivity contribution in [1.82, 2.24) is 4.90 Å². The van der Waals surface area contributed by atoms with E-state index in [0.717, 1.165) is 22.1 Å². The molecule has 1 saturated heterocycles. The maximum absolute atomic E-state index is 5.24. The van der Waals surface area contributed by atoms with E-state index in [2.05, 4.69) is 48.9 Å². The highest BCUT2D eigenvalue weighted by Crippen LogP contribution is 2.27. The molecule has 1 aliphatic rings. The standard InChI is InChI=1S/C13H17Br2NO/c1-17-13-5-4-10(7-12(13)15)9-16-6-2-3-11(16)8-14/h4-5,7,11H,2-3,6,8-9H2,1H3. The fourth-order valence-corrected chi connectivity index (χ4v) is 3.64. The monoisotopic (exact) mass is 361 g/mol. The zero-order valence-electron chi connectivity index (χ0n) is 9.96. The molecule has 0 spiro atoms. The highest BCUT2D eigenvalue weighted by atomic mass is 79.9.